The minimum atomic E-state index is -2.61. The first-order chi connectivity index (χ1) is 16.3. The van der Waals surface area contributed by atoms with Crippen molar-refractivity contribution in [2.24, 2.45) is 5.73 Å². The van der Waals surface area contributed by atoms with Gasteiger partial charge in [-0.05, 0) is 32.1 Å². The SMILES string of the molecule is [2H]C([2H])([2H])C([2H])([2H])CCCC=CCC=C/C=C/C=C/[C@@H](SC[C@H](N)C(=O)O)[C@H](O)CCCC(=O)O. The first-order valence-corrected chi connectivity index (χ1v) is 11.0. The third-order valence-electron chi connectivity index (χ3n) is 3.94. The Hall–Kier alpha value is -1.83. The Bertz CT molecular complexity index is 753. The van der Waals surface area contributed by atoms with Crippen LogP contribution < -0.4 is 5.73 Å². The molecule has 0 heterocycles. The maximum absolute atomic E-state index is 10.9. The van der Waals surface area contributed by atoms with Crippen LogP contribution in [0.15, 0.2) is 48.6 Å². The molecule has 0 spiro atoms. The number of carbonyl (C=O) groups is 2. The molecule has 6 nitrogen and oxygen atoms in total. The summed E-state index contributed by atoms with van der Waals surface area (Å²) in [5.41, 5.74) is 5.53. The number of aliphatic hydroxyl groups excluding tert-OH is 1. The third-order valence-corrected chi connectivity index (χ3v) is 5.34. The van der Waals surface area contributed by atoms with Crippen molar-refractivity contribution in [3.8, 4) is 0 Å². The van der Waals surface area contributed by atoms with Gasteiger partial charge in [-0.2, -0.15) is 0 Å². The Morgan fingerprint density at radius 1 is 1.10 bits per heavy atom. The summed E-state index contributed by atoms with van der Waals surface area (Å²) in [6, 6.07) is -1.06. The molecule has 0 aromatic rings. The maximum atomic E-state index is 10.9. The van der Waals surface area contributed by atoms with Crippen molar-refractivity contribution in [1.82, 2.24) is 0 Å². The Kier molecular flexibility index (Phi) is 12.8. The van der Waals surface area contributed by atoms with Crippen LogP contribution in [0.3, 0.4) is 0 Å². The Labute approximate surface area is 191 Å². The van der Waals surface area contributed by atoms with Crippen molar-refractivity contribution in [3.05, 3.63) is 48.6 Å². The second-order valence-electron chi connectivity index (χ2n) is 6.57. The van der Waals surface area contributed by atoms with Crippen LogP contribution in [0.1, 0.15) is 65.0 Å². The Morgan fingerprint density at radius 3 is 2.57 bits per heavy atom. The molecule has 0 saturated heterocycles. The van der Waals surface area contributed by atoms with E-state index in [-0.39, 0.29) is 25.0 Å². The number of hydrogen-bond acceptors (Lipinski definition) is 5. The molecular formula is C23H37NO5S. The molecule has 0 aromatic heterocycles. The zero-order valence-corrected chi connectivity index (χ0v) is 18.0. The van der Waals surface area contributed by atoms with Gasteiger partial charge in [0.1, 0.15) is 6.04 Å². The molecule has 0 radical (unpaired) electrons. The summed E-state index contributed by atoms with van der Waals surface area (Å²) in [5.74, 6) is -1.96. The first kappa shape index (κ1) is 20.1. The topological polar surface area (TPSA) is 121 Å². The van der Waals surface area contributed by atoms with Gasteiger partial charge in [0.05, 0.1) is 6.10 Å². The molecule has 0 unspecified atom stereocenters. The quantitative estimate of drug-likeness (QED) is 0.141. The smallest absolute Gasteiger partial charge is 0.321 e. The minimum Gasteiger partial charge on any atom is -0.481 e. The van der Waals surface area contributed by atoms with Crippen LogP contribution in [-0.4, -0.2) is 50.4 Å². The number of hydrogen-bond donors (Lipinski definition) is 4. The van der Waals surface area contributed by atoms with E-state index in [1.165, 1.54) is 11.8 Å². The van der Waals surface area contributed by atoms with Crippen molar-refractivity contribution in [1.29, 1.82) is 0 Å². The number of thioether (sulfide) groups is 1. The molecule has 30 heavy (non-hydrogen) atoms. The molecule has 5 N–H and O–H groups in total. The lowest BCUT2D eigenvalue weighted by Gasteiger charge is -2.20. The zero-order chi connectivity index (χ0) is 26.9. The summed E-state index contributed by atoms with van der Waals surface area (Å²) in [4.78, 5) is 21.6. The summed E-state index contributed by atoms with van der Waals surface area (Å²) >= 11 is 1.20. The minimum absolute atomic E-state index is 0.0193. The highest BCUT2D eigenvalue weighted by molar-refractivity contribution is 8.00. The summed E-state index contributed by atoms with van der Waals surface area (Å²) in [6.07, 6.45) is 13.7. The zero-order valence-electron chi connectivity index (χ0n) is 22.2. The van der Waals surface area contributed by atoms with Crippen LogP contribution >= 0.6 is 11.8 Å². The highest BCUT2D eigenvalue weighted by atomic mass is 32.2. The fraction of sp³-hybridized carbons (Fsp3) is 0.565. The highest BCUT2D eigenvalue weighted by Gasteiger charge is 2.20. The van der Waals surface area contributed by atoms with E-state index in [4.69, 9.17) is 22.8 Å². The monoisotopic (exact) mass is 444 g/mol. The van der Waals surface area contributed by atoms with Gasteiger partial charge in [0, 0.05) is 24.3 Å². The lowest BCUT2D eigenvalue weighted by Crippen LogP contribution is -2.34. The van der Waals surface area contributed by atoms with Gasteiger partial charge < -0.3 is 21.1 Å². The maximum Gasteiger partial charge on any atom is 0.321 e. The molecule has 0 aromatic carbocycles. The van der Waals surface area contributed by atoms with Crippen molar-refractivity contribution in [2.75, 3.05) is 5.75 Å². The second-order valence-corrected chi connectivity index (χ2v) is 7.78. The predicted molar refractivity (Wildman–Crippen MR) is 125 cm³/mol. The van der Waals surface area contributed by atoms with Gasteiger partial charge in [-0.25, -0.2) is 0 Å². The first-order valence-electron chi connectivity index (χ1n) is 12.4. The van der Waals surface area contributed by atoms with E-state index in [9.17, 15) is 14.7 Å². The van der Waals surface area contributed by atoms with Gasteiger partial charge in [-0.3, -0.25) is 9.59 Å². The van der Waals surface area contributed by atoms with Gasteiger partial charge in [0.15, 0.2) is 0 Å². The number of aliphatic carboxylic acids is 2. The average Bonchev–Trinajstić information content (AvgIpc) is 2.74. The van der Waals surface area contributed by atoms with Crippen LogP contribution in [0, 0.1) is 0 Å². The van der Waals surface area contributed by atoms with E-state index < -0.39 is 42.6 Å². The normalized spacial score (nSPS) is 18.8. The largest absolute Gasteiger partial charge is 0.481 e. The molecule has 0 saturated carbocycles. The highest BCUT2D eigenvalue weighted by Crippen LogP contribution is 2.21. The van der Waals surface area contributed by atoms with Gasteiger partial charge in [0.2, 0.25) is 0 Å². The molecule has 0 aliphatic rings. The molecule has 0 fully saturated rings. The lowest BCUT2D eigenvalue weighted by molar-refractivity contribution is -0.138. The van der Waals surface area contributed by atoms with E-state index >= 15 is 0 Å². The summed E-state index contributed by atoms with van der Waals surface area (Å²) in [6.45, 7) is -2.61. The van der Waals surface area contributed by atoms with Crippen LogP contribution in [-0.2, 0) is 9.59 Å². The van der Waals surface area contributed by atoms with Gasteiger partial charge >= 0.3 is 11.9 Å². The van der Waals surface area contributed by atoms with Gasteiger partial charge in [-0.1, -0.05) is 68.3 Å². The Morgan fingerprint density at radius 2 is 1.87 bits per heavy atom. The van der Waals surface area contributed by atoms with E-state index in [2.05, 4.69) is 0 Å². The molecule has 0 amide bonds. The van der Waals surface area contributed by atoms with Crippen molar-refractivity contribution in [2.45, 2.75) is 75.6 Å². The van der Waals surface area contributed by atoms with E-state index in [1.807, 2.05) is 24.3 Å². The van der Waals surface area contributed by atoms with Crippen molar-refractivity contribution in [3.63, 3.8) is 0 Å². The van der Waals surface area contributed by atoms with Gasteiger partial charge in [0.25, 0.3) is 0 Å². The second kappa shape index (κ2) is 19.2. The molecule has 7 heteroatoms. The number of carboxylic acids is 2. The summed E-state index contributed by atoms with van der Waals surface area (Å²) < 4.78 is 36.6. The van der Waals surface area contributed by atoms with Crippen molar-refractivity contribution >= 4 is 23.7 Å². The van der Waals surface area contributed by atoms with E-state index in [0.717, 1.165) is 0 Å². The number of unbranched alkanes of at least 4 members (excludes halogenated alkanes) is 1. The lowest BCUT2D eigenvalue weighted by atomic mass is 10.1. The number of nitrogens with two attached hydrogens (primary N) is 1. The molecule has 0 bridgehead atoms. The molecule has 3 atom stereocenters. The van der Waals surface area contributed by atoms with Crippen LogP contribution in [0.5, 0.6) is 0 Å². The molecule has 170 valence electrons. The molecule has 0 rings (SSSR count). The van der Waals surface area contributed by atoms with E-state index in [0.29, 0.717) is 25.7 Å². The number of rotatable bonds is 18. The summed E-state index contributed by atoms with van der Waals surface area (Å²) in [5, 5.41) is 27.6. The molecule has 0 aliphatic carbocycles. The number of allylic oxidation sites excluding steroid dienone is 7. The van der Waals surface area contributed by atoms with Crippen LogP contribution in [0.4, 0.5) is 0 Å². The fourth-order valence-electron chi connectivity index (χ4n) is 2.27. The standard InChI is InChI=1S/C23H37NO5S/c1-2-3-4-5-6-7-8-9-10-11-12-13-16-21(30-18-19(24)23(28)29)20(25)15-14-17-22(26)27/h6-7,9-13,16,19-21,25H,2-5,8,14-15,17-18,24H2,1H3,(H,26,27)(H,28,29)/b7-6?,10-9?,12-11+,16-13+/t19-,20+,21+/m0/s1/i1D3,2D2. The number of carboxylic acid groups (broad SMARTS) is 2. The van der Waals surface area contributed by atoms with Gasteiger partial charge in [-0.15, -0.1) is 11.8 Å². The number of aliphatic hydroxyl groups is 1. The van der Waals surface area contributed by atoms with E-state index in [1.54, 1.807) is 24.3 Å². The fourth-order valence-corrected chi connectivity index (χ4v) is 3.40. The third kappa shape index (κ3) is 17.1. The van der Waals surface area contributed by atoms with Crippen molar-refractivity contribution < 1.29 is 31.8 Å². The predicted octanol–water partition coefficient (Wildman–Crippen LogP) is 4.31. The average molecular weight is 445 g/mol. The molecule has 0 aliphatic heterocycles. The summed E-state index contributed by atoms with van der Waals surface area (Å²) in [7, 11) is 0. The van der Waals surface area contributed by atoms with Crippen LogP contribution in [0.25, 0.3) is 0 Å². The van der Waals surface area contributed by atoms with Crippen LogP contribution in [0.2, 0.25) is 0 Å². The molecular weight excluding hydrogens is 402 g/mol. The Balaban J connectivity index is 4.52.